The first-order valence-corrected chi connectivity index (χ1v) is 7.29. The van der Waals surface area contributed by atoms with Gasteiger partial charge in [0.05, 0.1) is 18.3 Å². The zero-order chi connectivity index (χ0) is 15.7. The Labute approximate surface area is 128 Å². The first-order chi connectivity index (χ1) is 10.5. The van der Waals surface area contributed by atoms with E-state index in [2.05, 4.69) is 10.4 Å². The number of carbonyl (C=O) groups is 1. The SMILES string of the molecule is Cn1cc([C@H](NC(=O)c2cccc(O)c2)C2CC(O)C2)cn1. The van der Waals surface area contributed by atoms with Crippen molar-refractivity contribution >= 4 is 5.91 Å². The van der Waals surface area contributed by atoms with E-state index in [4.69, 9.17) is 0 Å². The Morgan fingerprint density at radius 3 is 2.82 bits per heavy atom. The summed E-state index contributed by atoms with van der Waals surface area (Å²) in [5, 5.41) is 26.2. The molecule has 22 heavy (non-hydrogen) atoms. The van der Waals surface area contributed by atoms with Crippen molar-refractivity contribution in [3.05, 3.63) is 47.8 Å². The highest BCUT2D eigenvalue weighted by Gasteiger charge is 2.36. The van der Waals surface area contributed by atoms with Gasteiger partial charge in [0.1, 0.15) is 5.75 Å². The molecule has 1 heterocycles. The molecule has 0 spiro atoms. The molecule has 6 heteroatoms. The standard InChI is InChI=1S/C16H19N3O3/c1-19-9-12(8-17-19)15(11-6-14(21)7-11)18-16(22)10-3-2-4-13(20)5-10/h2-5,8-9,11,14-15,20-21H,6-7H2,1H3,(H,18,22)/t11?,14?,15-/m1/s1. The normalized spacial score (nSPS) is 21.9. The van der Waals surface area contributed by atoms with Gasteiger partial charge in [0, 0.05) is 24.4 Å². The molecule has 1 aliphatic rings. The molecule has 116 valence electrons. The summed E-state index contributed by atoms with van der Waals surface area (Å²) >= 11 is 0. The molecule has 0 radical (unpaired) electrons. The van der Waals surface area contributed by atoms with Gasteiger partial charge in [-0.25, -0.2) is 0 Å². The number of phenols is 1. The Morgan fingerprint density at radius 2 is 2.23 bits per heavy atom. The number of aromatic hydroxyl groups is 1. The number of aryl methyl sites for hydroxylation is 1. The minimum absolute atomic E-state index is 0.0599. The largest absolute Gasteiger partial charge is 0.508 e. The highest BCUT2D eigenvalue weighted by atomic mass is 16.3. The monoisotopic (exact) mass is 301 g/mol. The quantitative estimate of drug-likeness (QED) is 0.796. The van der Waals surface area contributed by atoms with E-state index >= 15 is 0 Å². The van der Waals surface area contributed by atoms with Crippen LogP contribution in [0.1, 0.15) is 34.8 Å². The molecule has 1 aromatic heterocycles. The highest BCUT2D eigenvalue weighted by Crippen LogP contribution is 2.38. The number of benzene rings is 1. The van der Waals surface area contributed by atoms with E-state index in [0.717, 1.165) is 5.56 Å². The number of aliphatic hydroxyl groups is 1. The van der Waals surface area contributed by atoms with Gasteiger partial charge in [0.25, 0.3) is 5.91 Å². The Hall–Kier alpha value is -2.34. The number of nitrogens with zero attached hydrogens (tertiary/aromatic N) is 2. The van der Waals surface area contributed by atoms with Crippen molar-refractivity contribution in [2.24, 2.45) is 13.0 Å². The Balaban J connectivity index is 1.79. The molecule has 1 fully saturated rings. The van der Waals surface area contributed by atoms with Crippen LogP contribution in [0.2, 0.25) is 0 Å². The highest BCUT2D eigenvalue weighted by molar-refractivity contribution is 5.94. The topological polar surface area (TPSA) is 87.4 Å². The van der Waals surface area contributed by atoms with Crippen LogP contribution < -0.4 is 5.32 Å². The summed E-state index contributed by atoms with van der Waals surface area (Å²) in [7, 11) is 1.83. The lowest BCUT2D eigenvalue weighted by Crippen LogP contribution is -2.41. The average molecular weight is 301 g/mol. The number of amides is 1. The lowest BCUT2D eigenvalue weighted by molar-refractivity contribution is 0.0235. The molecule has 1 saturated carbocycles. The van der Waals surface area contributed by atoms with Gasteiger partial charge in [-0.05, 0) is 37.0 Å². The van der Waals surface area contributed by atoms with Crippen LogP contribution in [0.25, 0.3) is 0 Å². The van der Waals surface area contributed by atoms with Crippen LogP contribution in [0.4, 0.5) is 0 Å². The predicted octanol–water partition coefficient (Wildman–Crippen LogP) is 1.37. The van der Waals surface area contributed by atoms with Crippen LogP contribution in [0, 0.1) is 5.92 Å². The van der Waals surface area contributed by atoms with Crippen LogP contribution in [-0.4, -0.2) is 32.0 Å². The lowest BCUT2D eigenvalue weighted by Gasteiger charge is -2.37. The number of hydrogen-bond acceptors (Lipinski definition) is 4. The zero-order valence-electron chi connectivity index (χ0n) is 12.3. The van der Waals surface area contributed by atoms with E-state index in [0.29, 0.717) is 18.4 Å². The van der Waals surface area contributed by atoms with Crippen molar-refractivity contribution in [1.29, 1.82) is 0 Å². The third kappa shape index (κ3) is 2.96. The molecule has 0 bridgehead atoms. The molecule has 0 saturated heterocycles. The molecule has 0 aliphatic heterocycles. The Bertz CT molecular complexity index is 677. The van der Waals surface area contributed by atoms with E-state index in [1.807, 2.05) is 13.2 Å². The van der Waals surface area contributed by atoms with Crippen molar-refractivity contribution in [3.8, 4) is 5.75 Å². The summed E-state index contributed by atoms with van der Waals surface area (Å²) in [4.78, 5) is 12.4. The number of aliphatic hydroxyl groups excluding tert-OH is 1. The summed E-state index contributed by atoms with van der Waals surface area (Å²) in [6.07, 6.45) is 4.65. The van der Waals surface area contributed by atoms with Gasteiger partial charge in [0.15, 0.2) is 0 Å². The molecule has 3 N–H and O–H groups in total. The van der Waals surface area contributed by atoms with Crippen molar-refractivity contribution in [2.75, 3.05) is 0 Å². The summed E-state index contributed by atoms with van der Waals surface area (Å²) in [5.41, 5.74) is 1.33. The van der Waals surface area contributed by atoms with Gasteiger partial charge < -0.3 is 15.5 Å². The molecule has 1 atom stereocenters. The van der Waals surface area contributed by atoms with Gasteiger partial charge in [-0.2, -0.15) is 5.10 Å². The third-order valence-corrected chi connectivity index (χ3v) is 4.10. The Morgan fingerprint density at radius 1 is 1.45 bits per heavy atom. The van der Waals surface area contributed by atoms with Gasteiger partial charge in [-0.3, -0.25) is 9.48 Å². The maximum atomic E-state index is 12.4. The third-order valence-electron chi connectivity index (χ3n) is 4.10. The van der Waals surface area contributed by atoms with Crippen molar-refractivity contribution in [2.45, 2.75) is 25.0 Å². The minimum atomic E-state index is -0.290. The predicted molar refractivity (Wildman–Crippen MR) is 80.3 cm³/mol. The second kappa shape index (κ2) is 5.81. The van der Waals surface area contributed by atoms with Gasteiger partial charge >= 0.3 is 0 Å². The van der Waals surface area contributed by atoms with E-state index in [1.165, 1.54) is 12.1 Å². The molecule has 6 nitrogen and oxygen atoms in total. The number of nitrogens with one attached hydrogen (secondary N) is 1. The maximum Gasteiger partial charge on any atom is 0.251 e. The van der Waals surface area contributed by atoms with Crippen LogP contribution in [-0.2, 0) is 7.05 Å². The number of carbonyl (C=O) groups excluding carboxylic acids is 1. The number of rotatable bonds is 4. The fourth-order valence-electron chi connectivity index (χ4n) is 2.85. The van der Waals surface area contributed by atoms with Crippen molar-refractivity contribution < 1.29 is 15.0 Å². The van der Waals surface area contributed by atoms with E-state index in [-0.39, 0.29) is 29.7 Å². The molecule has 3 rings (SSSR count). The molecule has 1 amide bonds. The Kier molecular flexibility index (Phi) is 3.85. The van der Waals surface area contributed by atoms with Crippen LogP contribution >= 0.6 is 0 Å². The van der Waals surface area contributed by atoms with Gasteiger partial charge in [-0.1, -0.05) is 6.07 Å². The average Bonchev–Trinajstić information content (AvgIpc) is 2.88. The summed E-state index contributed by atoms with van der Waals surface area (Å²) in [6.45, 7) is 0. The van der Waals surface area contributed by atoms with Gasteiger partial charge in [-0.15, -0.1) is 0 Å². The summed E-state index contributed by atoms with van der Waals surface area (Å²) < 4.78 is 1.69. The number of aromatic nitrogens is 2. The zero-order valence-corrected chi connectivity index (χ0v) is 12.3. The minimum Gasteiger partial charge on any atom is -0.508 e. The fourth-order valence-corrected chi connectivity index (χ4v) is 2.85. The fraction of sp³-hybridized carbons (Fsp3) is 0.375. The van der Waals surface area contributed by atoms with Crippen molar-refractivity contribution in [3.63, 3.8) is 0 Å². The van der Waals surface area contributed by atoms with Crippen LogP contribution in [0.5, 0.6) is 5.75 Å². The first kappa shape index (κ1) is 14.6. The van der Waals surface area contributed by atoms with Crippen LogP contribution in [0.3, 0.4) is 0 Å². The van der Waals surface area contributed by atoms with E-state index in [9.17, 15) is 15.0 Å². The molecular formula is C16H19N3O3. The molecule has 1 aromatic carbocycles. The molecular weight excluding hydrogens is 282 g/mol. The smallest absolute Gasteiger partial charge is 0.251 e. The van der Waals surface area contributed by atoms with Crippen LogP contribution in [0.15, 0.2) is 36.7 Å². The van der Waals surface area contributed by atoms with E-state index in [1.54, 1.807) is 23.0 Å². The van der Waals surface area contributed by atoms with Crippen molar-refractivity contribution in [1.82, 2.24) is 15.1 Å². The lowest BCUT2D eigenvalue weighted by atomic mass is 9.75. The maximum absolute atomic E-state index is 12.4. The second-order valence-corrected chi connectivity index (χ2v) is 5.83. The second-order valence-electron chi connectivity index (χ2n) is 5.83. The summed E-state index contributed by atoms with van der Waals surface area (Å²) in [5.74, 6) is 0.0104. The number of phenolic OH excluding ortho intramolecular Hbond substituents is 1. The molecule has 2 aromatic rings. The molecule has 0 unspecified atom stereocenters. The van der Waals surface area contributed by atoms with E-state index < -0.39 is 0 Å². The van der Waals surface area contributed by atoms with Gasteiger partial charge in [0.2, 0.25) is 0 Å². The number of hydrogen-bond donors (Lipinski definition) is 3. The summed E-state index contributed by atoms with van der Waals surface area (Å²) in [6, 6.07) is 6.07. The molecule has 1 aliphatic carbocycles. The first-order valence-electron chi connectivity index (χ1n) is 7.29.